The third kappa shape index (κ3) is 5.91. The number of likely N-dealkylation sites (N-methyl/N-ethyl adjacent to an activating group) is 1. The van der Waals surface area contributed by atoms with Crippen molar-refractivity contribution < 1.29 is 27.8 Å². The lowest BCUT2D eigenvalue weighted by molar-refractivity contribution is -0.129. The maximum absolute atomic E-state index is 13.5. The number of nitriles is 1. The van der Waals surface area contributed by atoms with E-state index < -0.39 is 29.5 Å². The third-order valence-electron chi connectivity index (χ3n) is 4.19. The van der Waals surface area contributed by atoms with Gasteiger partial charge in [-0.05, 0) is 36.2 Å². The minimum Gasteiger partial charge on any atom is -0.493 e. The molecule has 0 saturated carbocycles. The van der Waals surface area contributed by atoms with Crippen molar-refractivity contribution >= 4 is 11.8 Å². The van der Waals surface area contributed by atoms with Crippen molar-refractivity contribution in [1.82, 2.24) is 10.6 Å². The lowest BCUT2D eigenvalue weighted by atomic mass is 10.1. The fourth-order valence-corrected chi connectivity index (χ4v) is 2.64. The standard InChI is InChI=1S/C21H21F2N3O4/c1-25-21(28)20(14-6-7-15(22)16(23)11-14)26-19(27)4-3-9-30-17-8-5-13(12-24)10-18(17)29-2/h5-8,10-11,20H,3-4,9H2,1-2H3,(H,25,28)(H,26,27). The lowest BCUT2D eigenvalue weighted by Crippen LogP contribution is -2.39. The number of halogens is 2. The molecule has 0 heterocycles. The Bertz CT molecular complexity index is 960. The van der Waals surface area contributed by atoms with Gasteiger partial charge in [-0.2, -0.15) is 5.26 Å². The van der Waals surface area contributed by atoms with E-state index in [4.69, 9.17) is 14.7 Å². The van der Waals surface area contributed by atoms with E-state index in [-0.39, 0.29) is 18.6 Å². The van der Waals surface area contributed by atoms with Gasteiger partial charge in [0.05, 0.1) is 25.3 Å². The molecule has 0 fully saturated rings. The molecule has 2 amide bonds. The van der Waals surface area contributed by atoms with Gasteiger partial charge in [0.1, 0.15) is 6.04 Å². The summed E-state index contributed by atoms with van der Waals surface area (Å²) in [6.07, 6.45) is 0.364. The predicted molar refractivity (Wildman–Crippen MR) is 104 cm³/mol. The quantitative estimate of drug-likeness (QED) is 0.611. The van der Waals surface area contributed by atoms with Gasteiger partial charge in [0.25, 0.3) is 0 Å². The molecule has 30 heavy (non-hydrogen) atoms. The summed E-state index contributed by atoms with van der Waals surface area (Å²) < 4.78 is 37.4. The molecule has 2 aromatic rings. The molecular weight excluding hydrogens is 396 g/mol. The molecule has 1 atom stereocenters. The maximum atomic E-state index is 13.5. The Morgan fingerprint density at radius 1 is 1.13 bits per heavy atom. The van der Waals surface area contributed by atoms with E-state index in [2.05, 4.69) is 10.6 Å². The van der Waals surface area contributed by atoms with E-state index in [1.54, 1.807) is 12.1 Å². The predicted octanol–water partition coefficient (Wildman–Crippen LogP) is 2.61. The van der Waals surface area contributed by atoms with Crippen LogP contribution in [0.3, 0.4) is 0 Å². The molecule has 9 heteroatoms. The molecule has 0 saturated heterocycles. The number of methoxy groups -OCH3 is 1. The number of benzene rings is 2. The Morgan fingerprint density at radius 3 is 2.53 bits per heavy atom. The molecule has 0 aliphatic rings. The van der Waals surface area contributed by atoms with Crippen LogP contribution in [0.25, 0.3) is 0 Å². The van der Waals surface area contributed by atoms with Crippen molar-refractivity contribution in [3.63, 3.8) is 0 Å². The van der Waals surface area contributed by atoms with Crippen molar-refractivity contribution in [3.8, 4) is 17.6 Å². The van der Waals surface area contributed by atoms with E-state index in [0.29, 0.717) is 23.5 Å². The fraction of sp³-hybridized carbons (Fsp3) is 0.286. The summed E-state index contributed by atoms with van der Waals surface area (Å²) in [5.74, 6) is -2.34. The lowest BCUT2D eigenvalue weighted by Gasteiger charge is -2.18. The Kier molecular flexibility index (Phi) is 8.11. The summed E-state index contributed by atoms with van der Waals surface area (Å²) in [5.41, 5.74) is 0.552. The van der Waals surface area contributed by atoms with Gasteiger partial charge in [0.15, 0.2) is 23.1 Å². The smallest absolute Gasteiger partial charge is 0.246 e. The molecule has 1 unspecified atom stereocenters. The highest BCUT2D eigenvalue weighted by Crippen LogP contribution is 2.28. The Morgan fingerprint density at radius 2 is 1.90 bits per heavy atom. The summed E-state index contributed by atoms with van der Waals surface area (Å²) in [6, 6.07) is 8.57. The molecule has 0 spiro atoms. The highest BCUT2D eigenvalue weighted by atomic mass is 19.2. The van der Waals surface area contributed by atoms with Gasteiger partial charge in [0.2, 0.25) is 11.8 Å². The van der Waals surface area contributed by atoms with Crippen LogP contribution in [0.5, 0.6) is 11.5 Å². The second kappa shape index (κ2) is 10.8. The Balaban J connectivity index is 1.92. The van der Waals surface area contributed by atoms with Gasteiger partial charge < -0.3 is 20.1 Å². The number of ether oxygens (including phenoxy) is 2. The summed E-state index contributed by atoms with van der Waals surface area (Å²) in [5, 5.41) is 13.8. The van der Waals surface area contributed by atoms with Gasteiger partial charge in [-0.1, -0.05) is 6.07 Å². The molecule has 0 aromatic heterocycles. The second-order valence-corrected chi connectivity index (χ2v) is 6.22. The zero-order chi connectivity index (χ0) is 22.1. The average Bonchev–Trinajstić information content (AvgIpc) is 2.76. The molecular formula is C21H21F2N3O4. The Labute approximate surface area is 172 Å². The van der Waals surface area contributed by atoms with E-state index in [9.17, 15) is 18.4 Å². The number of hydrogen-bond acceptors (Lipinski definition) is 5. The third-order valence-corrected chi connectivity index (χ3v) is 4.19. The van der Waals surface area contributed by atoms with E-state index in [1.165, 1.54) is 26.3 Å². The van der Waals surface area contributed by atoms with Gasteiger partial charge >= 0.3 is 0 Å². The zero-order valence-electron chi connectivity index (χ0n) is 16.5. The molecule has 0 bridgehead atoms. The van der Waals surface area contributed by atoms with Crippen LogP contribution in [0.15, 0.2) is 36.4 Å². The summed E-state index contributed by atoms with van der Waals surface area (Å²) in [4.78, 5) is 24.3. The number of hydrogen-bond donors (Lipinski definition) is 2. The molecule has 0 aliphatic heterocycles. The van der Waals surface area contributed by atoms with Gasteiger partial charge in [-0.3, -0.25) is 9.59 Å². The first kappa shape index (κ1) is 22.6. The first-order valence-electron chi connectivity index (χ1n) is 9.06. The SMILES string of the molecule is CNC(=O)C(NC(=O)CCCOc1ccc(C#N)cc1OC)c1ccc(F)c(F)c1. The monoisotopic (exact) mass is 417 g/mol. The minimum atomic E-state index is -1.16. The summed E-state index contributed by atoms with van der Waals surface area (Å²) >= 11 is 0. The van der Waals surface area contributed by atoms with Gasteiger partial charge in [0, 0.05) is 19.5 Å². The van der Waals surface area contributed by atoms with E-state index in [0.717, 1.165) is 12.1 Å². The van der Waals surface area contributed by atoms with E-state index in [1.807, 2.05) is 6.07 Å². The van der Waals surface area contributed by atoms with Crippen LogP contribution >= 0.6 is 0 Å². The largest absolute Gasteiger partial charge is 0.493 e. The minimum absolute atomic E-state index is 0.0375. The fourth-order valence-electron chi connectivity index (χ4n) is 2.64. The second-order valence-electron chi connectivity index (χ2n) is 6.22. The number of carbonyl (C=O) groups excluding carboxylic acids is 2. The van der Waals surface area contributed by atoms with Gasteiger partial charge in [-0.15, -0.1) is 0 Å². The van der Waals surface area contributed by atoms with Crippen molar-refractivity contribution in [2.45, 2.75) is 18.9 Å². The molecule has 2 rings (SSSR count). The van der Waals surface area contributed by atoms with Gasteiger partial charge in [-0.25, -0.2) is 8.78 Å². The van der Waals surface area contributed by atoms with Crippen LogP contribution in [0.4, 0.5) is 8.78 Å². The molecule has 0 radical (unpaired) electrons. The van der Waals surface area contributed by atoms with Crippen LogP contribution < -0.4 is 20.1 Å². The van der Waals surface area contributed by atoms with Crippen LogP contribution in [0.1, 0.15) is 30.0 Å². The highest BCUT2D eigenvalue weighted by molar-refractivity contribution is 5.88. The van der Waals surface area contributed by atoms with Crippen LogP contribution in [-0.4, -0.2) is 32.6 Å². The molecule has 158 valence electrons. The molecule has 7 nitrogen and oxygen atoms in total. The molecule has 2 N–H and O–H groups in total. The number of nitrogens with one attached hydrogen (secondary N) is 2. The van der Waals surface area contributed by atoms with Crippen molar-refractivity contribution in [1.29, 1.82) is 5.26 Å². The topological polar surface area (TPSA) is 100 Å². The van der Waals surface area contributed by atoms with Crippen LogP contribution in [0.2, 0.25) is 0 Å². The first-order chi connectivity index (χ1) is 14.4. The van der Waals surface area contributed by atoms with Crippen molar-refractivity contribution in [3.05, 3.63) is 59.2 Å². The number of nitrogens with zero attached hydrogens (tertiary/aromatic N) is 1. The Hall–Kier alpha value is -3.67. The maximum Gasteiger partial charge on any atom is 0.246 e. The van der Waals surface area contributed by atoms with E-state index >= 15 is 0 Å². The average molecular weight is 417 g/mol. The first-order valence-corrected chi connectivity index (χ1v) is 9.06. The summed E-state index contributed by atoms with van der Waals surface area (Å²) in [6.45, 7) is 0.186. The summed E-state index contributed by atoms with van der Waals surface area (Å²) in [7, 11) is 2.83. The van der Waals surface area contributed by atoms with Crippen molar-refractivity contribution in [2.24, 2.45) is 0 Å². The number of amides is 2. The van der Waals surface area contributed by atoms with Crippen LogP contribution in [0, 0.1) is 23.0 Å². The molecule has 2 aromatic carbocycles. The normalized spacial score (nSPS) is 11.2. The number of carbonyl (C=O) groups is 2. The molecule has 0 aliphatic carbocycles. The highest BCUT2D eigenvalue weighted by Gasteiger charge is 2.23. The van der Waals surface area contributed by atoms with Crippen LogP contribution in [-0.2, 0) is 9.59 Å². The number of rotatable bonds is 9. The van der Waals surface area contributed by atoms with Crippen molar-refractivity contribution in [2.75, 3.05) is 20.8 Å². The zero-order valence-corrected chi connectivity index (χ0v) is 16.5.